The van der Waals surface area contributed by atoms with E-state index >= 15 is 0 Å². The molecule has 0 amide bonds. The van der Waals surface area contributed by atoms with Crippen molar-refractivity contribution < 1.29 is 4.74 Å². The summed E-state index contributed by atoms with van der Waals surface area (Å²) in [5, 5.41) is 4.06. The van der Waals surface area contributed by atoms with Crippen LogP contribution in [0.15, 0.2) is 18.2 Å². The molecule has 0 aliphatic rings. The second-order valence-electron chi connectivity index (χ2n) is 5.71. The van der Waals surface area contributed by atoms with E-state index in [1.165, 1.54) is 5.56 Å². The summed E-state index contributed by atoms with van der Waals surface area (Å²) in [4.78, 5) is 0. The normalized spacial score (nSPS) is 13.4. The van der Waals surface area contributed by atoms with Crippen LogP contribution in [0.5, 0.6) is 5.75 Å². The Labute approximate surface area is 116 Å². The van der Waals surface area contributed by atoms with Crippen molar-refractivity contribution in [3.8, 4) is 5.75 Å². The number of aryl methyl sites for hydroxylation is 1. The molecule has 0 radical (unpaired) electrons. The summed E-state index contributed by atoms with van der Waals surface area (Å²) in [5.74, 6) is 0.755. The maximum Gasteiger partial charge on any atom is 0.137 e. The van der Waals surface area contributed by atoms with Gasteiger partial charge in [-0.1, -0.05) is 38.4 Å². The lowest BCUT2D eigenvalue weighted by atomic mass is 9.83. The van der Waals surface area contributed by atoms with Crippen molar-refractivity contribution >= 4 is 11.6 Å². The first-order chi connectivity index (χ1) is 8.38. The van der Waals surface area contributed by atoms with E-state index in [1.807, 2.05) is 19.2 Å². The van der Waals surface area contributed by atoms with Gasteiger partial charge in [0.2, 0.25) is 0 Å². The monoisotopic (exact) mass is 269 g/mol. The fraction of sp³-hybridized carbons (Fsp3) is 0.600. The van der Waals surface area contributed by atoms with Crippen molar-refractivity contribution in [2.75, 3.05) is 14.2 Å². The van der Waals surface area contributed by atoms with Gasteiger partial charge in [-0.25, -0.2) is 0 Å². The average molecular weight is 270 g/mol. The van der Waals surface area contributed by atoms with E-state index < -0.39 is 0 Å². The molecule has 18 heavy (non-hydrogen) atoms. The summed E-state index contributed by atoms with van der Waals surface area (Å²) in [7, 11) is 3.68. The number of benzene rings is 1. The van der Waals surface area contributed by atoms with Gasteiger partial charge < -0.3 is 10.1 Å². The molecule has 0 heterocycles. The van der Waals surface area contributed by atoms with Gasteiger partial charge in [0.25, 0.3) is 0 Å². The van der Waals surface area contributed by atoms with Crippen LogP contribution in [0, 0.1) is 5.41 Å². The van der Waals surface area contributed by atoms with Crippen LogP contribution >= 0.6 is 11.6 Å². The SMILES string of the molecule is CNC(CCc1ccc(Cl)c(OC)c1)C(C)(C)C. The van der Waals surface area contributed by atoms with Crippen molar-refractivity contribution in [1.29, 1.82) is 0 Å². The van der Waals surface area contributed by atoms with Gasteiger partial charge >= 0.3 is 0 Å². The van der Waals surface area contributed by atoms with Crippen LogP contribution in [0.3, 0.4) is 0 Å². The molecular formula is C15H24ClNO. The first kappa shape index (κ1) is 15.3. The molecule has 0 aliphatic heterocycles. The third-order valence-electron chi connectivity index (χ3n) is 3.33. The molecule has 1 N–H and O–H groups in total. The Balaban J connectivity index is 2.68. The molecule has 0 bridgehead atoms. The first-order valence-electron chi connectivity index (χ1n) is 6.38. The fourth-order valence-corrected chi connectivity index (χ4v) is 2.38. The second-order valence-corrected chi connectivity index (χ2v) is 6.12. The molecule has 102 valence electrons. The van der Waals surface area contributed by atoms with E-state index in [0.29, 0.717) is 11.1 Å². The number of rotatable bonds is 5. The van der Waals surface area contributed by atoms with E-state index in [9.17, 15) is 0 Å². The van der Waals surface area contributed by atoms with E-state index in [4.69, 9.17) is 16.3 Å². The zero-order chi connectivity index (χ0) is 13.8. The summed E-state index contributed by atoms with van der Waals surface area (Å²) in [6.07, 6.45) is 2.13. The minimum absolute atomic E-state index is 0.269. The van der Waals surface area contributed by atoms with Gasteiger partial charge in [-0.05, 0) is 43.0 Å². The molecule has 1 aromatic carbocycles. The van der Waals surface area contributed by atoms with Gasteiger partial charge in [0, 0.05) is 6.04 Å². The Morgan fingerprint density at radius 3 is 2.50 bits per heavy atom. The lowest BCUT2D eigenvalue weighted by molar-refractivity contribution is 0.268. The van der Waals surface area contributed by atoms with Crippen LogP contribution in [0.4, 0.5) is 0 Å². The van der Waals surface area contributed by atoms with Crippen LogP contribution in [0.1, 0.15) is 32.8 Å². The van der Waals surface area contributed by atoms with Crippen molar-refractivity contribution in [2.24, 2.45) is 5.41 Å². The Morgan fingerprint density at radius 2 is 2.00 bits per heavy atom. The summed E-state index contributed by atoms with van der Waals surface area (Å²) in [6, 6.07) is 6.50. The Morgan fingerprint density at radius 1 is 1.33 bits per heavy atom. The summed E-state index contributed by atoms with van der Waals surface area (Å²) in [5.41, 5.74) is 1.53. The van der Waals surface area contributed by atoms with Gasteiger partial charge in [0.05, 0.1) is 12.1 Å². The van der Waals surface area contributed by atoms with Crippen molar-refractivity contribution in [3.63, 3.8) is 0 Å². The maximum atomic E-state index is 6.02. The standard InChI is InChI=1S/C15H24ClNO/c1-15(2,3)14(17-4)9-7-11-6-8-12(16)13(10-11)18-5/h6,8,10,14,17H,7,9H2,1-5H3. The van der Waals surface area contributed by atoms with Crippen LogP contribution in [-0.4, -0.2) is 20.2 Å². The molecule has 0 spiro atoms. The molecule has 0 aromatic heterocycles. The highest BCUT2D eigenvalue weighted by molar-refractivity contribution is 6.32. The third-order valence-corrected chi connectivity index (χ3v) is 3.64. The van der Waals surface area contributed by atoms with Crippen molar-refractivity contribution in [2.45, 2.75) is 39.7 Å². The molecule has 0 saturated heterocycles. The number of hydrogen-bond acceptors (Lipinski definition) is 2. The lowest BCUT2D eigenvalue weighted by Gasteiger charge is -2.30. The second kappa shape index (κ2) is 6.44. The molecule has 1 unspecified atom stereocenters. The van der Waals surface area contributed by atoms with Crippen molar-refractivity contribution in [1.82, 2.24) is 5.32 Å². The minimum atomic E-state index is 0.269. The molecule has 0 aliphatic carbocycles. The highest BCUT2D eigenvalue weighted by Gasteiger charge is 2.22. The average Bonchev–Trinajstić information content (AvgIpc) is 2.30. The summed E-state index contributed by atoms with van der Waals surface area (Å²) >= 11 is 6.02. The van der Waals surface area contributed by atoms with E-state index in [1.54, 1.807) is 7.11 Å². The molecule has 1 atom stereocenters. The highest BCUT2D eigenvalue weighted by Crippen LogP contribution is 2.27. The zero-order valence-corrected chi connectivity index (χ0v) is 12.8. The van der Waals surface area contributed by atoms with Crippen LogP contribution < -0.4 is 10.1 Å². The Kier molecular flexibility index (Phi) is 5.48. The Bertz CT molecular complexity index is 385. The van der Waals surface area contributed by atoms with E-state index in [2.05, 4.69) is 32.2 Å². The van der Waals surface area contributed by atoms with Gasteiger partial charge in [-0.3, -0.25) is 0 Å². The minimum Gasteiger partial charge on any atom is -0.495 e. The molecule has 3 heteroatoms. The molecule has 1 rings (SSSR count). The van der Waals surface area contributed by atoms with Gasteiger partial charge in [-0.15, -0.1) is 0 Å². The molecule has 1 aromatic rings. The molecule has 0 saturated carbocycles. The topological polar surface area (TPSA) is 21.3 Å². The highest BCUT2D eigenvalue weighted by atomic mass is 35.5. The third kappa shape index (κ3) is 4.18. The predicted molar refractivity (Wildman–Crippen MR) is 78.6 cm³/mol. The van der Waals surface area contributed by atoms with E-state index in [-0.39, 0.29) is 5.41 Å². The quantitative estimate of drug-likeness (QED) is 0.875. The van der Waals surface area contributed by atoms with Gasteiger partial charge in [-0.2, -0.15) is 0 Å². The van der Waals surface area contributed by atoms with Gasteiger partial charge in [0.15, 0.2) is 0 Å². The first-order valence-corrected chi connectivity index (χ1v) is 6.76. The summed E-state index contributed by atoms with van der Waals surface area (Å²) < 4.78 is 5.24. The van der Waals surface area contributed by atoms with Crippen molar-refractivity contribution in [3.05, 3.63) is 28.8 Å². The predicted octanol–water partition coefficient (Wildman–Crippen LogP) is 3.92. The smallest absolute Gasteiger partial charge is 0.137 e. The number of hydrogen-bond donors (Lipinski definition) is 1. The fourth-order valence-electron chi connectivity index (χ4n) is 2.18. The largest absolute Gasteiger partial charge is 0.495 e. The Hall–Kier alpha value is -0.730. The van der Waals surface area contributed by atoms with Crippen LogP contribution in [0.25, 0.3) is 0 Å². The summed E-state index contributed by atoms with van der Waals surface area (Å²) in [6.45, 7) is 6.78. The molecular weight excluding hydrogens is 246 g/mol. The van der Waals surface area contributed by atoms with E-state index in [0.717, 1.165) is 18.6 Å². The number of halogens is 1. The lowest BCUT2D eigenvalue weighted by Crippen LogP contribution is -2.38. The number of nitrogens with one attached hydrogen (secondary N) is 1. The van der Waals surface area contributed by atoms with Crippen LogP contribution in [0.2, 0.25) is 5.02 Å². The zero-order valence-electron chi connectivity index (χ0n) is 12.0. The molecule has 0 fully saturated rings. The maximum absolute atomic E-state index is 6.02. The van der Waals surface area contributed by atoms with Gasteiger partial charge in [0.1, 0.15) is 5.75 Å². The number of methoxy groups -OCH3 is 1. The van der Waals surface area contributed by atoms with Crippen LogP contribution in [-0.2, 0) is 6.42 Å². The molecule has 2 nitrogen and oxygen atoms in total. The number of ether oxygens (including phenoxy) is 1.